The summed E-state index contributed by atoms with van der Waals surface area (Å²) in [5.74, 6) is -2.07. The first-order chi connectivity index (χ1) is 9.08. The molecular formula is C14H21F2NO2S. The molecule has 0 radical (unpaired) electrons. The molecule has 0 aliphatic heterocycles. The van der Waals surface area contributed by atoms with Crippen LogP contribution in [0.2, 0.25) is 0 Å². The van der Waals surface area contributed by atoms with Crippen molar-refractivity contribution < 1.29 is 17.2 Å². The second-order valence-electron chi connectivity index (χ2n) is 5.83. The summed E-state index contributed by atoms with van der Waals surface area (Å²) in [6.45, 7) is 8.23. The van der Waals surface area contributed by atoms with E-state index in [-0.39, 0.29) is 17.2 Å². The third kappa shape index (κ3) is 4.24. The highest BCUT2D eigenvalue weighted by Gasteiger charge is 2.31. The van der Waals surface area contributed by atoms with Gasteiger partial charge in [0.25, 0.3) is 0 Å². The maximum absolute atomic E-state index is 13.6. The average Bonchev–Trinajstić information content (AvgIpc) is 2.26. The van der Waals surface area contributed by atoms with E-state index in [1.54, 1.807) is 0 Å². The number of halogens is 2. The van der Waals surface area contributed by atoms with Crippen molar-refractivity contribution in [2.24, 2.45) is 5.41 Å². The van der Waals surface area contributed by atoms with Gasteiger partial charge in [-0.05, 0) is 24.1 Å². The van der Waals surface area contributed by atoms with Crippen molar-refractivity contribution in [1.82, 2.24) is 5.32 Å². The highest BCUT2D eigenvalue weighted by Crippen LogP contribution is 2.24. The van der Waals surface area contributed by atoms with Crippen LogP contribution in [0, 0.1) is 17.0 Å². The molecule has 0 aliphatic rings. The van der Waals surface area contributed by atoms with E-state index < -0.39 is 26.4 Å². The molecule has 114 valence electrons. The molecule has 0 saturated heterocycles. The van der Waals surface area contributed by atoms with Gasteiger partial charge in [0.05, 0.1) is 5.75 Å². The number of hydrogen-bond acceptors (Lipinski definition) is 3. The zero-order valence-electron chi connectivity index (χ0n) is 12.2. The Morgan fingerprint density at radius 3 is 2.30 bits per heavy atom. The van der Waals surface area contributed by atoms with Crippen LogP contribution in [-0.4, -0.2) is 26.8 Å². The molecule has 0 saturated carbocycles. The summed E-state index contributed by atoms with van der Waals surface area (Å²) >= 11 is 0. The molecule has 6 heteroatoms. The van der Waals surface area contributed by atoms with E-state index in [0.717, 1.165) is 12.1 Å². The third-order valence-corrected chi connectivity index (χ3v) is 4.88. The third-order valence-electron chi connectivity index (χ3n) is 3.11. The Kier molecular flexibility index (Phi) is 5.27. The molecule has 1 rings (SSSR count). The Bertz CT molecular complexity index is 565. The van der Waals surface area contributed by atoms with Gasteiger partial charge in [0.15, 0.2) is 9.84 Å². The molecule has 0 aromatic heterocycles. The second-order valence-corrected chi connectivity index (χ2v) is 7.84. The fraction of sp³-hybridized carbons (Fsp3) is 0.571. The van der Waals surface area contributed by atoms with E-state index in [4.69, 9.17) is 0 Å². The van der Waals surface area contributed by atoms with Gasteiger partial charge in [-0.15, -0.1) is 0 Å². The number of rotatable bonds is 5. The summed E-state index contributed by atoms with van der Waals surface area (Å²) < 4.78 is 51.1. The highest BCUT2D eigenvalue weighted by atomic mass is 32.2. The number of nitrogens with one attached hydrogen (secondary N) is 1. The number of benzene rings is 1. The summed E-state index contributed by atoms with van der Waals surface area (Å²) in [5.41, 5.74) is -0.292. The highest BCUT2D eigenvalue weighted by molar-refractivity contribution is 7.91. The molecular weight excluding hydrogens is 284 g/mol. The lowest BCUT2D eigenvalue weighted by molar-refractivity contribution is 0.292. The van der Waals surface area contributed by atoms with E-state index >= 15 is 0 Å². The predicted molar refractivity (Wildman–Crippen MR) is 75.3 cm³/mol. The Morgan fingerprint density at radius 1 is 1.25 bits per heavy atom. The summed E-state index contributed by atoms with van der Waals surface area (Å²) in [6.07, 6.45) is 0. The molecule has 20 heavy (non-hydrogen) atoms. The van der Waals surface area contributed by atoms with Gasteiger partial charge in [0, 0.05) is 12.1 Å². The average molecular weight is 305 g/mol. The van der Waals surface area contributed by atoms with Crippen LogP contribution >= 0.6 is 0 Å². The van der Waals surface area contributed by atoms with Gasteiger partial charge in [-0.2, -0.15) is 0 Å². The number of hydrogen-bond donors (Lipinski definition) is 1. The maximum Gasteiger partial charge on any atom is 0.182 e. The fourth-order valence-corrected chi connectivity index (χ4v) is 3.77. The van der Waals surface area contributed by atoms with Crippen LogP contribution in [-0.2, 0) is 9.84 Å². The lowest BCUT2D eigenvalue weighted by atomic mass is 9.88. The predicted octanol–water partition coefficient (Wildman–Crippen LogP) is 2.76. The molecule has 1 atom stereocenters. The lowest BCUT2D eigenvalue weighted by Gasteiger charge is -2.31. The first-order valence-electron chi connectivity index (χ1n) is 6.49. The first-order valence-corrected chi connectivity index (χ1v) is 8.14. The van der Waals surface area contributed by atoms with Crippen molar-refractivity contribution in [3.05, 3.63) is 29.8 Å². The summed E-state index contributed by atoms with van der Waals surface area (Å²) in [5, 5.41) is 3.10. The molecule has 3 nitrogen and oxygen atoms in total. The van der Waals surface area contributed by atoms with E-state index in [1.807, 2.05) is 27.7 Å². The first kappa shape index (κ1) is 17.0. The summed E-state index contributed by atoms with van der Waals surface area (Å²) in [6, 6.07) is 2.20. The van der Waals surface area contributed by atoms with Crippen molar-refractivity contribution in [2.45, 2.75) is 38.6 Å². The fourth-order valence-electron chi connectivity index (χ4n) is 1.90. The molecule has 0 heterocycles. The van der Waals surface area contributed by atoms with Gasteiger partial charge in [-0.3, -0.25) is 0 Å². The van der Waals surface area contributed by atoms with Crippen LogP contribution in [0.4, 0.5) is 8.78 Å². The normalized spacial score (nSPS) is 14.3. The largest absolute Gasteiger partial charge is 0.313 e. The Morgan fingerprint density at radius 2 is 1.85 bits per heavy atom. The van der Waals surface area contributed by atoms with E-state index in [9.17, 15) is 17.2 Å². The van der Waals surface area contributed by atoms with Crippen LogP contribution in [0.25, 0.3) is 0 Å². The van der Waals surface area contributed by atoms with Crippen molar-refractivity contribution in [2.75, 3.05) is 12.3 Å². The smallest absolute Gasteiger partial charge is 0.182 e. The van der Waals surface area contributed by atoms with Crippen LogP contribution in [0.5, 0.6) is 0 Å². The van der Waals surface area contributed by atoms with Gasteiger partial charge in [0.1, 0.15) is 16.5 Å². The lowest BCUT2D eigenvalue weighted by Crippen LogP contribution is -2.45. The van der Waals surface area contributed by atoms with E-state index in [0.29, 0.717) is 12.6 Å². The standard InChI is InChI=1S/C14H21F2NO2S/c1-5-17-13(14(2,3)4)9-20(18,19)12-7-6-10(15)8-11(12)16/h6-8,13,17H,5,9H2,1-4H3. The van der Waals surface area contributed by atoms with Crippen LogP contribution < -0.4 is 5.32 Å². The van der Waals surface area contributed by atoms with Crippen LogP contribution in [0.15, 0.2) is 23.1 Å². The Balaban J connectivity index is 3.10. The van der Waals surface area contributed by atoms with E-state index in [2.05, 4.69) is 5.32 Å². The minimum atomic E-state index is -3.82. The Labute approximate surface area is 119 Å². The van der Waals surface area contributed by atoms with Crippen molar-refractivity contribution in [1.29, 1.82) is 0 Å². The summed E-state index contributed by atoms with van der Waals surface area (Å²) in [7, 11) is -3.82. The zero-order valence-corrected chi connectivity index (χ0v) is 13.0. The van der Waals surface area contributed by atoms with Crippen molar-refractivity contribution in [3.8, 4) is 0 Å². The molecule has 1 aromatic rings. The molecule has 0 bridgehead atoms. The second kappa shape index (κ2) is 6.18. The maximum atomic E-state index is 13.6. The van der Waals surface area contributed by atoms with Gasteiger partial charge in [-0.1, -0.05) is 27.7 Å². The van der Waals surface area contributed by atoms with Gasteiger partial charge >= 0.3 is 0 Å². The molecule has 1 N–H and O–H groups in total. The molecule has 1 unspecified atom stereocenters. The van der Waals surface area contributed by atoms with E-state index in [1.165, 1.54) is 0 Å². The SMILES string of the molecule is CCNC(CS(=O)(=O)c1ccc(F)cc1F)C(C)(C)C. The molecule has 0 fully saturated rings. The molecule has 0 amide bonds. The van der Waals surface area contributed by atoms with Gasteiger partial charge in [0.2, 0.25) is 0 Å². The summed E-state index contributed by atoms with van der Waals surface area (Å²) in [4.78, 5) is -0.453. The van der Waals surface area contributed by atoms with Crippen LogP contribution in [0.3, 0.4) is 0 Å². The van der Waals surface area contributed by atoms with Crippen LogP contribution in [0.1, 0.15) is 27.7 Å². The molecule has 0 aliphatic carbocycles. The topological polar surface area (TPSA) is 46.2 Å². The molecule has 1 aromatic carbocycles. The van der Waals surface area contributed by atoms with Gasteiger partial charge in [-0.25, -0.2) is 17.2 Å². The monoisotopic (exact) mass is 305 g/mol. The minimum absolute atomic E-state index is 0.229. The minimum Gasteiger partial charge on any atom is -0.313 e. The van der Waals surface area contributed by atoms with Gasteiger partial charge < -0.3 is 5.32 Å². The molecule has 0 spiro atoms. The van der Waals surface area contributed by atoms with Crippen molar-refractivity contribution in [3.63, 3.8) is 0 Å². The Hall–Kier alpha value is -1.01. The number of sulfone groups is 1. The quantitative estimate of drug-likeness (QED) is 0.851. The zero-order chi connectivity index (χ0) is 15.6. The van der Waals surface area contributed by atoms with Crippen molar-refractivity contribution >= 4 is 9.84 Å².